The lowest BCUT2D eigenvalue weighted by Gasteiger charge is -2.24. The number of rotatable bonds is 6. The molecule has 1 amide bonds. The Labute approximate surface area is 146 Å². The lowest BCUT2D eigenvalue weighted by molar-refractivity contribution is -0.122. The molecule has 2 heterocycles. The van der Waals surface area contributed by atoms with Gasteiger partial charge in [-0.1, -0.05) is 12.1 Å². The van der Waals surface area contributed by atoms with Gasteiger partial charge in [-0.2, -0.15) is 0 Å². The molecular formula is C18H22N4O3. The molecule has 2 N–H and O–H groups in total. The van der Waals surface area contributed by atoms with E-state index in [1.54, 1.807) is 12.3 Å². The summed E-state index contributed by atoms with van der Waals surface area (Å²) in [5.74, 6) is 1.30. The van der Waals surface area contributed by atoms with E-state index in [4.69, 9.17) is 4.74 Å². The minimum absolute atomic E-state index is 0.128. The van der Waals surface area contributed by atoms with E-state index in [0.29, 0.717) is 31.9 Å². The molecule has 132 valence electrons. The third-order valence-corrected chi connectivity index (χ3v) is 4.12. The van der Waals surface area contributed by atoms with Crippen molar-refractivity contribution < 1.29 is 14.6 Å². The fraction of sp³-hybridized carbons (Fsp3) is 0.389. The maximum absolute atomic E-state index is 12.6. The summed E-state index contributed by atoms with van der Waals surface area (Å²) in [4.78, 5) is 22.5. The number of hydrogen-bond donors (Lipinski definition) is 2. The van der Waals surface area contributed by atoms with Gasteiger partial charge in [-0.15, -0.1) is 0 Å². The second kappa shape index (κ2) is 7.94. The number of amides is 1. The number of hydrogen-bond acceptors (Lipinski definition) is 6. The van der Waals surface area contributed by atoms with Gasteiger partial charge in [0.1, 0.15) is 23.9 Å². The monoisotopic (exact) mass is 342 g/mol. The Hall–Kier alpha value is -2.67. The van der Waals surface area contributed by atoms with Gasteiger partial charge in [0.2, 0.25) is 5.91 Å². The first-order valence-corrected chi connectivity index (χ1v) is 8.37. The maximum Gasteiger partial charge on any atom is 0.243 e. The first kappa shape index (κ1) is 17.2. The number of ether oxygens (including phenoxy) is 1. The summed E-state index contributed by atoms with van der Waals surface area (Å²) >= 11 is 0. The second-order valence-corrected chi connectivity index (χ2v) is 5.92. The molecule has 1 aromatic carbocycles. The summed E-state index contributed by atoms with van der Waals surface area (Å²) in [6.45, 7) is 3.32. The minimum atomic E-state index is -0.549. The second-order valence-electron chi connectivity index (χ2n) is 5.92. The number of anilines is 1. The lowest BCUT2D eigenvalue weighted by atomic mass is 10.1. The van der Waals surface area contributed by atoms with E-state index in [1.807, 2.05) is 36.1 Å². The quantitative estimate of drug-likeness (QED) is 0.818. The summed E-state index contributed by atoms with van der Waals surface area (Å²) < 4.78 is 5.47. The van der Waals surface area contributed by atoms with Crippen LogP contribution in [0.3, 0.4) is 0 Å². The van der Waals surface area contributed by atoms with Crippen molar-refractivity contribution in [2.75, 3.05) is 18.1 Å². The Morgan fingerprint density at radius 1 is 1.44 bits per heavy atom. The number of benzene rings is 1. The molecule has 0 bridgehead atoms. The molecule has 2 atom stereocenters. The number of carbonyl (C=O) groups excluding carboxylic acids is 1. The third kappa shape index (κ3) is 4.24. The van der Waals surface area contributed by atoms with Crippen molar-refractivity contribution in [1.29, 1.82) is 0 Å². The van der Waals surface area contributed by atoms with Crippen LogP contribution in [0.1, 0.15) is 18.9 Å². The van der Waals surface area contributed by atoms with Crippen LogP contribution >= 0.6 is 0 Å². The van der Waals surface area contributed by atoms with Crippen LogP contribution < -0.4 is 15.0 Å². The molecule has 0 radical (unpaired) electrons. The normalized spacial score (nSPS) is 19.7. The molecule has 1 aromatic heterocycles. The molecular weight excluding hydrogens is 320 g/mol. The van der Waals surface area contributed by atoms with Crippen LogP contribution in [0.2, 0.25) is 0 Å². The zero-order chi connectivity index (χ0) is 17.6. The van der Waals surface area contributed by atoms with Crippen molar-refractivity contribution in [3.05, 3.63) is 48.4 Å². The van der Waals surface area contributed by atoms with Crippen LogP contribution in [0.25, 0.3) is 0 Å². The number of aliphatic hydroxyl groups is 1. The van der Waals surface area contributed by atoms with E-state index >= 15 is 0 Å². The number of aliphatic hydroxyl groups excluding tert-OH is 1. The van der Waals surface area contributed by atoms with Gasteiger partial charge in [0.05, 0.1) is 12.7 Å². The topological polar surface area (TPSA) is 87.6 Å². The van der Waals surface area contributed by atoms with Gasteiger partial charge in [-0.3, -0.25) is 4.79 Å². The molecule has 2 aromatic rings. The molecule has 1 aliphatic rings. The molecule has 7 heteroatoms. The Morgan fingerprint density at radius 3 is 3.08 bits per heavy atom. The predicted octanol–water partition coefficient (Wildman–Crippen LogP) is 1.13. The minimum Gasteiger partial charge on any atom is -0.494 e. The van der Waals surface area contributed by atoms with Crippen molar-refractivity contribution in [2.24, 2.45) is 0 Å². The van der Waals surface area contributed by atoms with E-state index in [0.717, 1.165) is 11.3 Å². The Bertz CT molecular complexity index is 710. The van der Waals surface area contributed by atoms with Gasteiger partial charge in [-0.25, -0.2) is 9.97 Å². The Balaban J connectivity index is 1.64. The standard InChI is InChI=1S/C18H22N4O3/c1-2-25-15-5-3-4-13(8-15)10-20-18(24)16-9-14(23)11-22(16)17-6-7-19-12-21-17/h3-8,12,14,16,23H,2,9-11H2,1H3,(H,20,24). The molecule has 0 saturated carbocycles. The van der Waals surface area contributed by atoms with Crippen molar-refractivity contribution in [2.45, 2.75) is 32.0 Å². The van der Waals surface area contributed by atoms with Gasteiger partial charge >= 0.3 is 0 Å². The van der Waals surface area contributed by atoms with Crippen molar-refractivity contribution in [3.8, 4) is 5.75 Å². The summed E-state index contributed by atoms with van der Waals surface area (Å²) in [7, 11) is 0. The van der Waals surface area contributed by atoms with E-state index in [2.05, 4.69) is 15.3 Å². The average Bonchev–Trinajstić information content (AvgIpc) is 3.03. The zero-order valence-corrected chi connectivity index (χ0v) is 14.1. The smallest absolute Gasteiger partial charge is 0.243 e. The van der Waals surface area contributed by atoms with E-state index in [9.17, 15) is 9.90 Å². The largest absolute Gasteiger partial charge is 0.494 e. The van der Waals surface area contributed by atoms with Gasteiger partial charge in [-0.05, 0) is 30.7 Å². The average molecular weight is 342 g/mol. The van der Waals surface area contributed by atoms with Gasteiger partial charge in [0.25, 0.3) is 0 Å². The number of carbonyl (C=O) groups is 1. The lowest BCUT2D eigenvalue weighted by Crippen LogP contribution is -2.43. The van der Waals surface area contributed by atoms with Crippen LogP contribution in [0.5, 0.6) is 5.75 Å². The fourth-order valence-electron chi connectivity index (χ4n) is 2.99. The third-order valence-electron chi connectivity index (χ3n) is 4.12. The first-order chi connectivity index (χ1) is 12.2. The van der Waals surface area contributed by atoms with Gasteiger partial charge in [0.15, 0.2) is 0 Å². The number of β-amino-alcohol motifs (C(OH)–C–C–N with tert-alkyl or cyclic N) is 1. The van der Waals surface area contributed by atoms with Crippen LogP contribution in [0, 0.1) is 0 Å². The van der Waals surface area contributed by atoms with E-state index < -0.39 is 12.1 Å². The van der Waals surface area contributed by atoms with Crippen LogP contribution in [-0.2, 0) is 11.3 Å². The fourth-order valence-corrected chi connectivity index (χ4v) is 2.99. The van der Waals surface area contributed by atoms with Gasteiger partial charge < -0.3 is 20.1 Å². The molecule has 7 nitrogen and oxygen atoms in total. The van der Waals surface area contributed by atoms with E-state index in [-0.39, 0.29) is 5.91 Å². The molecule has 1 saturated heterocycles. The highest BCUT2D eigenvalue weighted by atomic mass is 16.5. The maximum atomic E-state index is 12.6. The number of aromatic nitrogens is 2. The van der Waals surface area contributed by atoms with Crippen LogP contribution in [-0.4, -0.2) is 46.3 Å². The molecule has 1 fully saturated rings. The highest BCUT2D eigenvalue weighted by Crippen LogP contribution is 2.24. The molecule has 0 aliphatic carbocycles. The molecule has 25 heavy (non-hydrogen) atoms. The Kier molecular flexibility index (Phi) is 5.45. The molecule has 2 unspecified atom stereocenters. The first-order valence-electron chi connectivity index (χ1n) is 8.37. The van der Waals surface area contributed by atoms with Crippen molar-refractivity contribution >= 4 is 11.7 Å². The van der Waals surface area contributed by atoms with Gasteiger partial charge in [0, 0.05) is 25.7 Å². The predicted molar refractivity (Wildman–Crippen MR) is 93.2 cm³/mol. The van der Waals surface area contributed by atoms with Crippen molar-refractivity contribution in [1.82, 2.24) is 15.3 Å². The van der Waals surface area contributed by atoms with Crippen LogP contribution in [0.4, 0.5) is 5.82 Å². The van der Waals surface area contributed by atoms with Crippen LogP contribution in [0.15, 0.2) is 42.9 Å². The summed E-state index contributed by atoms with van der Waals surface area (Å²) in [6, 6.07) is 8.94. The SMILES string of the molecule is CCOc1cccc(CNC(=O)C2CC(O)CN2c2ccncn2)c1. The molecule has 1 aliphatic heterocycles. The van der Waals surface area contributed by atoms with Crippen molar-refractivity contribution in [3.63, 3.8) is 0 Å². The summed E-state index contributed by atoms with van der Waals surface area (Å²) in [6.07, 6.45) is 2.90. The molecule has 3 rings (SSSR count). The van der Waals surface area contributed by atoms with E-state index in [1.165, 1.54) is 6.33 Å². The molecule has 0 spiro atoms. The Morgan fingerprint density at radius 2 is 2.32 bits per heavy atom. The zero-order valence-electron chi connectivity index (χ0n) is 14.1. The summed E-state index contributed by atoms with van der Waals surface area (Å²) in [5.41, 5.74) is 0.964. The summed E-state index contributed by atoms with van der Waals surface area (Å²) in [5, 5.41) is 12.9. The number of nitrogens with one attached hydrogen (secondary N) is 1. The number of nitrogens with zero attached hydrogens (tertiary/aromatic N) is 3. The highest BCUT2D eigenvalue weighted by Gasteiger charge is 2.36. The highest BCUT2D eigenvalue weighted by molar-refractivity contribution is 5.85.